The Balaban J connectivity index is 0.000000531. The van der Waals surface area contributed by atoms with Crippen molar-refractivity contribution in [1.29, 1.82) is 0 Å². The molecule has 0 aliphatic carbocycles. The summed E-state index contributed by atoms with van der Waals surface area (Å²) in [7, 11) is 0. The van der Waals surface area contributed by atoms with E-state index in [1.807, 2.05) is 6.92 Å². The summed E-state index contributed by atoms with van der Waals surface area (Å²) < 4.78 is 18.7. The van der Waals surface area contributed by atoms with Crippen LogP contribution in [0.1, 0.15) is 74.2 Å². The van der Waals surface area contributed by atoms with E-state index in [0.29, 0.717) is 35.6 Å². The zero-order valence-electron chi connectivity index (χ0n) is 21.5. The van der Waals surface area contributed by atoms with Crippen LogP contribution in [0, 0.1) is 12.7 Å². The SMILES string of the molecule is Cc1sc2c(c1C(=O)CCCN1CCC(c3noc4cc(F)ccc34)CC1)C(=O)NCCC2.O=C(O)C(=O)O. The fourth-order valence-corrected chi connectivity index (χ4v) is 6.37. The van der Waals surface area contributed by atoms with Crippen molar-refractivity contribution in [2.45, 2.75) is 51.4 Å². The minimum absolute atomic E-state index is 0.0817. The molecule has 3 aromatic rings. The second-order valence-electron chi connectivity index (χ2n) is 9.65. The van der Waals surface area contributed by atoms with Crippen molar-refractivity contribution >= 4 is 45.9 Å². The second kappa shape index (κ2) is 12.5. The Labute approximate surface area is 227 Å². The number of benzene rings is 1. The molecule has 2 aromatic heterocycles. The zero-order valence-corrected chi connectivity index (χ0v) is 22.3. The number of nitrogens with zero attached hydrogens (tertiary/aromatic N) is 2. The first-order valence-electron chi connectivity index (χ1n) is 12.8. The number of aryl methyl sites for hydroxylation is 2. The molecule has 0 unspecified atom stereocenters. The third kappa shape index (κ3) is 6.69. The molecule has 39 heavy (non-hydrogen) atoms. The number of likely N-dealkylation sites (tertiary alicyclic amines) is 1. The van der Waals surface area contributed by atoms with Gasteiger partial charge in [0, 0.05) is 45.7 Å². The molecular weight excluding hydrogens is 529 g/mol. The predicted molar refractivity (Wildman–Crippen MR) is 141 cm³/mol. The normalized spacial score (nSPS) is 16.1. The van der Waals surface area contributed by atoms with Crippen molar-refractivity contribution in [1.82, 2.24) is 15.4 Å². The Morgan fingerprint density at radius 1 is 1.21 bits per heavy atom. The number of hydrogen-bond acceptors (Lipinski definition) is 8. The summed E-state index contributed by atoms with van der Waals surface area (Å²) in [5, 5.41) is 22.8. The lowest BCUT2D eigenvalue weighted by atomic mass is 9.91. The number of Topliss-reactive ketones (excluding diaryl/α,β-unsaturated/α-hetero) is 1. The minimum atomic E-state index is -1.82. The molecule has 0 saturated carbocycles. The van der Waals surface area contributed by atoms with Crippen molar-refractivity contribution in [3.8, 4) is 0 Å². The number of thiophene rings is 1. The van der Waals surface area contributed by atoms with E-state index >= 15 is 0 Å². The van der Waals surface area contributed by atoms with Gasteiger partial charge in [-0.05, 0) is 70.8 Å². The van der Waals surface area contributed by atoms with Crippen LogP contribution < -0.4 is 5.32 Å². The van der Waals surface area contributed by atoms with Gasteiger partial charge in [0.15, 0.2) is 11.4 Å². The number of carbonyl (C=O) groups is 4. The van der Waals surface area contributed by atoms with Gasteiger partial charge < -0.3 is 25.0 Å². The average molecular weight is 560 g/mol. The van der Waals surface area contributed by atoms with Gasteiger partial charge in [-0.1, -0.05) is 5.16 Å². The van der Waals surface area contributed by atoms with Crippen LogP contribution in [0.4, 0.5) is 4.39 Å². The number of halogens is 1. The molecule has 1 aromatic carbocycles. The van der Waals surface area contributed by atoms with E-state index in [1.165, 1.54) is 12.1 Å². The average Bonchev–Trinajstić information content (AvgIpc) is 3.42. The van der Waals surface area contributed by atoms with E-state index in [1.54, 1.807) is 17.4 Å². The molecule has 0 atom stereocenters. The van der Waals surface area contributed by atoms with Crippen LogP contribution in [0.2, 0.25) is 0 Å². The number of hydrogen-bond donors (Lipinski definition) is 3. The van der Waals surface area contributed by atoms with E-state index in [-0.39, 0.29) is 17.5 Å². The Morgan fingerprint density at radius 3 is 2.62 bits per heavy atom. The van der Waals surface area contributed by atoms with Crippen LogP contribution >= 0.6 is 11.3 Å². The fraction of sp³-hybridized carbons (Fsp3) is 0.444. The predicted octanol–water partition coefficient (Wildman–Crippen LogP) is 4.01. The molecule has 3 N–H and O–H groups in total. The maximum absolute atomic E-state index is 13.4. The highest BCUT2D eigenvalue weighted by Gasteiger charge is 2.28. The van der Waals surface area contributed by atoms with Crippen LogP contribution in [0.3, 0.4) is 0 Å². The Bertz CT molecular complexity index is 1380. The molecule has 4 heterocycles. The first-order chi connectivity index (χ1) is 18.7. The van der Waals surface area contributed by atoms with Gasteiger partial charge in [-0.3, -0.25) is 9.59 Å². The quantitative estimate of drug-likeness (QED) is 0.301. The summed E-state index contributed by atoms with van der Waals surface area (Å²) in [6.45, 7) is 5.35. The van der Waals surface area contributed by atoms with Gasteiger partial charge in [0.25, 0.3) is 5.91 Å². The number of carboxylic acids is 2. The Morgan fingerprint density at radius 2 is 1.92 bits per heavy atom. The molecule has 0 bridgehead atoms. The van der Waals surface area contributed by atoms with Crippen molar-refractivity contribution < 1.29 is 38.3 Å². The number of amides is 1. The molecule has 1 fully saturated rings. The maximum Gasteiger partial charge on any atom is 0.414 e. The molecular formula is C27H30FN3O7S. The van der Waals surface area contributed by atoms with Gasteiger partial charge in [-0.25, -0.2) is 14.0 Å². The highest BCUT2D eigenvalue weighted by molar-refractivity contribution is 7.12. The molecule has 12 heteroatoms. The summed E-state index contributed by atoms with van der Waals surface area (Å²) in [6.07, 6.45) is 4.94. The second-order valence-corrected chi connectivity index (χ2v) is 11.0. The number of fused-ring (bicyclic) bond motifs is 2. The Hall–Kier alpha value is -3.64. The molecule has 2 aliphatic heterocycles. The topological polar surface area (TPSA) is 150 Å². The lowest BCUT2D eigenvalue weighted by molar-refractivity contribution is -0.159. The van der Waals surface area contributed by atoms with Crippen LogP contribution in [0.15, 0.2) is 22.7 Å². The number of piperidine rings is 1. The van der Waals surface area contributed by atoms with Gasteiger partial charge in [-0.15, -0.1) is 11.3 Å². The lowest BCUT2D eigenvalue weighted by Gasteiger charge is -2.31. The van der Waals surface area contributed by atoms with Gasteiger partial charge in [-0.2, -0.15) is 0 Å². The van der Waals surface area contributed by atoms with Crippen molar-refractivity contribution in [2.24, 2.45) is 0 Å². The van der Waals surface area contributed by atoms with E-state index < -0.39 is 11.9 Å². The van der Waals surface area contributed by atoms with Gasteiger partial charge in [0.05, 0.1) is 11.3 Å². The van der Waals surface area contributed by atoms with Crippen LogP contribution in [0.5, 0.6) is 0 Å². The number of nitrogens with one attached hydrogen (secondary N) is 1. The Kier molecular flexibility index (Phi) is 9.08. The highest BCUT2D eigenvalue weighted by atomic mass is 32.1. The first-order valence-corrected chi connectivity index (χ1v) is 13.6. The van der Waals surface area contributed by atoms with Crippen LogP contribution in [-0.2, 0) is 16.0 Å². The first kappa shape index (κ1) is 28.4. The van der Waals surface area contributed by atoms with Gasteiger partial charge in [0.2, 0.25) is 0 Å². The van der Waals surface area contributed by atoms with E-state index in [2.05, 4.69) is 15.4 Å². The van der Waals surface area contributed by atoms with Crippen molar-refractivity contribution in [3.05, 3.63) is 50.6 Å². The van der Waals surface area contributed by atoms with E-state index in [0.717, 1.165) is 72.6 Å². The molecule has 0 radical (unpaired) electrons. The molecule has 0 spiro atoms. The van der Waals surface area contributed by atoms with Crippen molar-refractivity contribution in [3.63, 3.8) is 0 Å². The van der Waals surface area contributed by atoms with Crippen LogP contribution in [0.25, 0.3) is 11.0 Å². The molecule has 10 nitrogen and oxygen atoms in total. The number of rotatable bonds is 6. The minimum Gasteiger partial charge on any atom is -0.473 e. The zero-order chi connectivity index (χ0) is 28.1. The smallest absolute Gasteiger partial charge is 0.414 e. The number of carbonyl (C=O) groups excluding carboxylic acids is 2. The molecule has 1 saturated heterocycles. The van der Waals surface area contributed by atoms with Crippen molar-refractivity contribution in [2.75, 3.05) is 26.2 Å². The summed E-state index contributed by atoms with van der Waals surface area (Å²) in [5.74, 6) is -3.68. The number of aromatic nitrogens is 1. The molecule has 5 rings (SSSR count). The highest BCUT2D eigenvalue weighted by Crippen LogP contribution is 2.34. The third-order valence-corrected chi connectivity index (χ3v) is 8.19. The van der Waals surface area contributed by atoms with Crippen LogP contribution in [-0.4, -0.2) is 70.1 Å². The molecule has 1 amide bonds. The number of aliphatic carboxylic acids is 2. The summed E-state index contributed by atoms with van der Waals surface area (Å²) in [4.78, 5) is 48.1. The lowest BCUT2D eigenvalue weighted by Crippen LogP contribution is -2.34. The van der Waals surface area contributed by atoms with E-state index in [9.17, 15) is 14.0 Å². The summed E-state index contributed by atoms with van der Waals surface area (Å²) >= 11 is 1.60. The maximum atomic E-state index is 13.4. The number of ketones is 1. The molecule has 208 valence electrons. The monoisotopic (exact) mass is 559 g/mol. The third-order valence-electron chi connectivity index (χ3n) is 7.03. The number of carboxylic acid groups (broad SMARTS) is 2. The fourth-order valence-electron chi connectivity index (χ4n) is 5.14. The van der Waals surface area contributed by atoms with Gasteiger partial charge in [0.1, 0.15) is 5.82 Å². The molecule has 2 aliphatic rings. The van der Waals surface area contributed by atoms with E-state index in [4.69, 9.17) is 24.3 Å². The summed E-state index contributed by atoms with van der Waals surface area (Å²) in [6, 6.07) is 4.59. The summed E-state index contributed by atoms with van der Waals surface area (Å²) in [5.41, 5.74) is 2.69. The standard InChI is InChI=1S/C25H28FN3O3S.C2H2O4/c1-15-22(23-21(33-15)5-2-10-27-25(23)31)19(30)4-3-11-29-12-8-16(9-13-29)24-18-7-6-17(26)14-20(18)32-28-24;3-1(4)2(5)6/h6-7,14,16H,2-5,8-13H2,1H3,(H,27,31);(H,3,4)(H,5,6). The largest absolute Gasteiger partial charge is 0.473 e. The van der Waals surface area contributed by atoms with Gasteiger partial charge >= 0.3 is 11.9 Å².